The maximum Gasteiger partial charge on any atom is 0.330 e. The van der Waals surface area contributed by atoms with Crippen molar-refractivity contribution >= 4 is 30.1 Å². The number of carboxylic acids is 1. The van der Waals surface area contributed by atoms with Crippen molar-refractivity contribution in [1.82, 2.24) is 4.90 Å². The van der Waals surface area contributed by atoms with Crippen molar-refractivity contribution in [1.29, 1.82) is 0 Å². The minimum absolute atomic E-state index is 0.00496. The fraction of sp³-hybridized carbons (Fsp3) is 0.604. The number of nitrogens with zero attached hydrogens (tertiary/aromatic N) is 1. The number of benzene rings is 2. The minimum atomic E-state index is -1.03. The van der Waals surface area contributed by atoms with Crippen molar-refractivity contribution in [2.75, 3.05) is 46.1 Å². The molecule has 2 aromatic carbocycles. The standard InChI is InChI=1S/C48H73NO8/c1-3-5-7-9-11-13-15-17-19-21-37-54-44-29-23-42(24-30-44)27-33-47(52)56-39-35-49(41-46(50)51)36-40-57-48(53)34-28-43-25-31-45(32-26-43)55-38-22-20-18-16-14-12-10-8-6-4-2/h23-34H,3-22,35-41H2,1-2H3,(H,50,51)/b33-27+,34-28+. The van der Waals surface area contributed by atoms with Crippen LogP contribution in [0.5, 0.6) is 11.5 Å². The normalized spacial score (nSPS) is 11.4. The lowest BCUT2D eigenvalue weighted by Crippen LogP contribution is -2.36. The van der Waals surface area contributed by atoms with Gasteiger partial charge >= 0.3 is 17.9 Å². The summed E-state index contributed by atoms with van der Waals surface area (Å²) in [6, 6.07) is 15.1. The number of carbonyl (C=O) groups excluding carboxylic acids is 2. The van der Waals surface area contributed by atoms with Gasteiger partial charge in [-0.2, -0.15) is 0 Å². The molecule has 2 rings (SSSR count). The third-order valence-corrected chi connectivity index (χ3v) is 9.78. The van der Waals surface area contributed by atoms with Crippen LogP contribution in [-0.4, -0.2) is 74.0 Å². The Morgan fingerprint density at radius 1 is 0.491 bits per heavy atom. The summed E-state index contributed by atoms with van der Waals surface area (Å²) in [5.41, 5.74) is 1.67. The number of carboxylic acid groups (broad SMARTS) is 1. The van der Waals surface area contributed by atoms with Gasteiger partial charge in [0, 0.05) is 25.2 Å². The molecule has 0 atom stereocenters. The van der Waals surface area contributed by atoms with Crippen LogP contribution in [-0.2, 0) is 23.9 Å². The molecule has 0 aliphatic rings. The molecule has 1 N–H and O–H groups in total. The summed E-state index contributed by atoms with van der Waals surface area (Å²) in [7, 11) is 0. The van der Waals surface area contributed by atoms with Crippen LogP contribution in [0.3, 0.4) is 0 Å². The fourth-order valence-electron chi connectivity index (χ4n) is 6.35. The van der Waals surface area contributed by atoms with Crippen LogP contribution in [0.2, 0.25) is 0 Å². The highest BCUT2D eigenvalue weighted by atomic mass is 16.5. The second-order valence-electron chi connectivity index (χ2n) is 14.9. The van der Waals surface area contributed by atoms with E-state index in [1.807, 2.05) is 48.5 Å². The van der Waals surface area contributed by atoms with Crippen molar-refractivity contribution in [3.63, 3.8) is 0 Å². The summed E-state index contributed by atoms with van der Waals surface area (Å²) in [5.74, 6) is -0.486. The summed E-state index contributed by atoms with van der Waals surface area (Å²) in [5, 5.41) is 9.32. The Bertz CT molecular complexity index is 1270. The first-order chi connectivity index (χ1) is 27.9. The van der Waals surface area contributed by atoms with Crippen LogP contribution in [0.4, 0.5) is 0 Å². The molecule has 318 valence electrons. The van der Waals surface area contributed by atoms with Gasteiger partial charge in [0.15, 0.2) is 0 Å². The molecule has 0 saturated carbocycles. The van der Waals surface area contributed by atoms with Gasteiger partial charge in [-0.05, 0) is 60.4 Å². The molecule has 0 bridgehead atoms. The van der Waals surface area contributed by atoms with Crippen molar-refractivity contribution in [3.8, 4) is 11.5 Å². The first-order valence-electron chi connectivity index (χ1n) is 22.0. The van der Waals surface area contributed by atoms with Crippen LogP contribution < -0.4 is 9.47 Å². The molecule has 0 aromatic heterocycles. The quantitative estimate of drug-likeness (QED) is 0.0409. The molecule has 57 heavy (non-hydrogen) atoms. The van der Waals surface area contributed by atoms with E-state index >= 15 is 0 Å². The topological polar surface area (TPSA) is 112 Å². The van der Waals surface area contributed by atoms with E-state index in [0.29, 0.717) is 13.2 Å². The van der Waals surface area contributed by atoms with E-state index in [4.69, 9.17) is 18.9 Å². The lowest BCUT2D eigenvalue weighted by molar-refractivity contribution is -0.140. The van der Waals surface area contributed by atoms with Gasteiger partial charge in [-0.3, -0.25) is 9.69 Å². The molecule has 0 unspecified atom stereocenters. The first kappa shape index (κ1) is 49.0. The number of esters is 2. The Labute approximate surface area is 344 Å². The van der Waals surface area contributed by atoms with E-state index in [1.165, 1.54) is 128 Å². The first-order valence-corrected chi connectivity index (χ1v) is 22.0. The summed E-state index contributed by atoms with van der Waals surface area (Å²) in [4.78, 5) is 37.5. The number of hydrogen-bond donors (Lipinski definition) is 1. The maximum atomic E-state index is 12.3. The number of unbranched alkanes of at least 4 members (excludes halogenated alkanes) is 18. The van der Waals surface area contributed by atoms with Crippen molar-refractivity contribution < 1.29 is 38.4 Å². The van der Waals surface area contributed by atoms with Gasteiger partial charge in [-0.1, -0.05) is 154 Å². The molecule has 0 aliphatic carbocycles. The monoisotopic (exact) mass is 792 g/mol. The Hall–Kier alpha value is -4.11. The van der Waals surface area contributed by atoms with Crippen LogP contribution in [0.25, 0.3) is 12.2 Å². The van der Waals surface area contributed by atoms with Gasteiger partial charge in [-0.25, -0.2) is 9.59 Å². The summed E-state index contributed by atoms with van der Waals surface area (Å²) >= 11 is 0. The molecule has 0 saturated heterocycles. The molecule has 0 radical (unpaired) electrons. The van der Waals surface area contributed by atoms with E-state index in [1.54, 1.807) is 17.1 Å². The Balaban J connectivity index is 1.57. The predicted molar refractivity (Wildman–Crippen MR) is 232 cm³/mol. The molecule has 9 heteroatoms. The highest BCUT2D eigenvalue weighted by Gasteiger charge is 2.11. The van der Waals surface area contributed by atoms with Crippen LogP contribution in [0.1, 0.15) is 153 Å². The molecule has 2 aromatic rings. The number of ether oxygens (including phenoxy) is 4. The second kappa shape index (κ2) is 34.0. The van der Waals surface area contributed by atoms with E-state index in [2.05, 4.69) is 13.8 Å². The van der Waals surface area contributed by atoms with Gasteiger partial charge in [0.1, 0.15) is 24.7 Å². The summed E-state index contributed by atoms with van der Waals surface area (Å²) in [6.07, 6.45) is 31.7. The lowest BCUT2D eigenvalue weighted by Gasteiger charge is -2.19. The van der Waals surface area contributed by atoms with E-state index in [9.17, 15) is 19.5 Å². The molecule has 0 fully saturated rings. The molecule has 0 heterocycles. The zero-order chi connectivity index (χ0) is 41.0. The van der Waals surface area contributed by atoms with E-state index in [0.717, 1.165) is 35.5 Å². The maximum absolute atomic E-state index is 12.3. The average Bonchev–Trinajstić information content (AvgIpc) is 3.21. The average molecular weight is 792 g/mol. The third kappa shape index (κ3) is 28.0. The molecule has 0 spiro atoms. The third-order valence-electron chi connectivity index (χ3n) is 9.78. The van der Waals surface area contributed by atoms with Crippen molar-refractivity contribution in [2.45, 2.75) is 142 Å². The van der Waals surface area contributed by atoms with Crippen LogP contribution in [0, 0.1) is 0 Å². The number of rotatable bonds is 36. The summed E-state index contributed by atoms with van der Waals surface area (Å²) < 4.78 is 22.3. The minimum Gasteiger partial charge on any atom is -0.494 e. The zero-order valence-electron chi connectivity index (χ0n) is 35.3. The molecule has 0 amide bonds. The van der Waals surface area contributed by atoms with Crippen molar-refractivity contribution in [3.05, 3.63) is 71.8 Å². The zero-order valence-corrected chi connectivity index (χ0v) is 35.3. The molecular weight excluding hydrogens is 719 g/mol. The SMILES string of the molecule is CCCCCCCCCCCCOc1ccc(/C=C/C(=O)OCCN(CCOC(=O)/C=C/c2ccc(OCCCCCCCCCCCC)cc2)CC(=O)O)cc1. The van der Waals surface area contributed by atoms with E-state index in [-0.39, 0.29) is 32.8 Å². The van der Waals surface area contributed by atoms with E-state index < -0.39 is 17.9 Å². The highest BCUT2D eigenvalue weighted by molar-refractivity contribution is 5.87. The van der Waals surface area contributed by atoms with Crippen LogP contribution in [0.15, 0.2) is 60.7 Å². The van der Waals surface area contributed by atoms with Gasteiger partial charge in [0.05, 0.1) is 19.8 Å². The Morgan fingerprint density at radius 2 is 0.825 bits per heavy atom. The molecule has 0 aliphatic heterocycles. The second-order valence-corrected chi connectivity index (χ2v) is 14.9. The number of carbonyl (C=O) groups is 3. The number of aliphatic carboxylic acids is 1. The van der Waals surface area contributed by atoms with Gasteiger partial charge in [0.25, 0.3) is 0 Å². The van der Waals surface area contributed by atoms with Gasteiger partial charge < -0.3 is 24.1 Å². The Morgan fingerprint density at radius 3 is 1.16 bits per heavy atom. The van der Waals surface area contributed by atoms with Gasteiger partial charge in [0.2, 0.25) is 0 Å². The van der Waals surface area contributed by atoms with Crippen LogP contribution >= 0.6 is 0 Å². The molecular formula is C48H73NO8. The van der Waals surface area contributed by atoms with Gasteiger partial charge in [-0.15, -0.1) is 0 Å². The summed E-state index contributed by atoms with van der Waals surface area (Å²) in [6.45, 7) is 5.96. The highest BCUT2D eigenvalue weighted by Crippen LogP contribution is 2.17. The lowest BCUT2D eigenvalue weighted by atomic mass is 10.1. The predicted octanol–water partition coefficient (Wildman–Crippen LogP) is 11.5. The largest absolute Gasteiger partial charge is 0.494 e. The fourth-order valence-corrected chi connectivity index (χ4v) is 6.35. The smallest absolute Gasteiger partial charge is 0.330 e. The number of hydrogen-bond acceptors (Lipinski definition) is 8. The Kier molecular flexibility index (Phi) is 29.2. The van der Waals surface area contributed by atoms with Crippen molar-refractivity contribution in [2.24, 2.45) is 0 Å². The molecule has 9 nitrogen and oxygen atoms in total.